The van der Waals surface area contributed by atoms with Gasteiger partial charge in [0.25, 0.3) is 0 Å². The molecule has 0 spiro atoms. The van der Waals surface area contributed by atoms with Crippen LogP contribution in [0.1, 0.15) is 32.1 Å². The van der Waals surface area contributed by atoms with Gasteiger partial charge in [0.05, 0.1) is 4.34 Å². The summed E-state index contributed by atoms with van der Waals surface area (Å²) in [7, 11) is 0. The van der Waals surface area contributed by atoms with Gasteiger partial charge in [-0.3, -0.25) is 0 Å². The van der Waals surface area contributed by atoms with Gasteiger partial charge >= 0.3 is 0 Å². The van der Waals surface area contributed by atoms with Gasteiger partial charge in [0.2, 0.25) is 0 Å². The van der Waals surface area contributed by atoms with E-state index in [4.69, 9.17) is 11.6 Å². The Morgan fingerprint density at radius 3 is 2.62 bits per heavy atom. The quantitative estimate of drug-likeness (QED) is 0.812. The minimum absolute atomic E-state index is 0.219. The monoisotopic (exact) mass is 217 g/mol. The Hall–Kier alpha value is -0.0500. The standard InChI is InChI=1S/C10H16ClNS/c1-4-10(2,3)12-7-8-5-6-9(11)13-8/h5-6,12H,4,7H2,1-3H3. The van der Waals surface area contributed by atoms with E-state index in [-0.39, 0.29) is 5.54 Å². The molecule has 3 heteroatoms. The highest BCUT2D eigenvalue weighted by atomic mass is 35.5. The summed E-state index contributed by atoms with van der Waals surface area (Å²) in [5.41, 5.74) is 0.219. The first-order chi connectivity index (χ1) is 6.03. The van der Waals surface area contributed by atoms with E-state index in [0.29, 0.717) is 0 Å². The zero-order valence-electron chi connectivity index (χ0n) is 8.36. The van der Waals surface area contributed by atoms with Gasteiger partial charge in [-0.1, -0.05) is 18.5 Å². The van der Waals surface area contributed by atoms with Gasteiger partial charge in [0.15, 0.2) is 0 Å². The minimum Gasteiger partial charge on any atom is -0.307 e. The van der Waals surface area contributed by atoms with E-state index < -0.39 is 0 Å². The van der Waals surface area contributed by atoms with Crippen molar-refractivity contribution in [1.29, 1.82) is 0 Å². The summed E-state index contributed by atoms with van der Waals surface area (Å²) in [4.78, 5) is 1.30. The number of hydrogen-bond donors (Lipinski definition) is 1. The lowest BCUT2D eigenvalue weighted by molar-refractivity contribution is 0.376. The van der Waals surface area contributed by atoms with Crippen molar-refractivity contribution in [2.75, 3.05) is 0 Å². The predicted molar refractivity (Wildman–Crippen MR) is 60.5 cm³/mol. The van der Waals surface area contributed by atoms with Crippen molar-refractivity contribution in [3.05, 3.63) is 21.3 Å². The van der Waals surface area contributed by atoms with Crippen LogP contribution in [0.5, 0.6) is 0 Å². The Labute approximate surface area is 89.1 Å². The molecule has 0 aliphatic heterocycles. The Kier molecular flexibility index (Phi) is 3.77. The summed E-state index contributed by atoms with van der Waals surface area (Å²) in [6, 6.07) is 4.02. The molecule has 1 N–H and O–H groups in total. The maximum atomic E-state index is 5.84. The summed E-state index contributed by atoms with van der Waals surface area (Å²) < 4.78 is 0.867. The molecule has 0 saturated carbocycles. The third kappa shape index (κ3) is 3.67. The Morgan fingerprint density at radius 1 is 1.46 bits per heavy atom. The number of hydrogen-bond acceptors (Lipinski definition) is 2. The van der Waals surface area contributed by atoms with Crippen LogP contribution in [-0.2, 0) is 6.54 Å². The smallest absolute Gasteiger partial charge is 0.0931 e. The second-order valence-electron chi connectivity index (χ2n) is 3.80. The fourth-order valence-electron chi connectivity index (χ4n) is 0.898. The molecule has 1 aromatic heterocycles. The first-order valence-electron chi connectivity index (χ1n) is 4.53. The van der Waals surface area contributed by atoms with Gasteiger partial charge < -0.3 is 5.32 Å². The molecule has 1 heterocycles. The molecule has 0 aliphatic carbocycles. The van der Waals surface area contributed by atoms with Gasteiger partial charge in [-0.05, 0) is 32.4 Å². The molecule has 13 heavy (non-hydrogen) atoms. The van der Waals surface area contributed by atoms with E-state index in [2.05, 4.69) is 32.2 Å². The maximum Gasteiger partial charge on any atom is 0.0931 e. The molecule has 1 nitrogen and oxygen atoms in total. The van der Waals surface area contributed by atoms with E-state index in [0.717, 1.165) is 17.3 Å². The van der Waals surface area contributed by atoms with Crippen molar-refractivity contribution in [3.63, 3.8) is 0 Å². The van der Waals surface area contributed by atoms with Gasteiger partial charge in [-0.25, -0.2) is 0 Å². The van der Waals surface area contributed by atoms with Gasteiger partial charge in [0.1, 0.15) is 0 Å². The summed E-state index contributed by atoms with van der Waals surface area (Å²) >= 11 is 7.48. The van der Waals surface area contributed by atoms with Crippen LogP contribution >= 0.6 is 22.9 Å². The average molecular weight is 218 g/mol. The predicted octanol–water partition coefficient (Wildman–Crippen LogP) is 3.68. The normalized spacial score (nSPS) is 12.0. The van der Waals surface area contributed by atoms with Crippen LogP contribution in [0.25, 0.3) is 0 Å². The van der Waals surface area contributed by atoms with Gasteiger partial charge in [-0.15, -0.1) is 11.3 Å². The zero-order chi connectivity index (χ0) is 9.90. The highest BCUT2D eigenvalue weighted by Crippen LogP contribution is 2.21. The lowest BCUT2D eigenvalue weighted by atomic mass is 10.0. The van der Waals surface area contributed by atoms with Crippen LogP contribution in [-0.4, -0.2) is 5.54 Å². The van der Waals surface area contributed by atoms with Crippen LogP contribution in [0.3, 0.4) is 0 Å². The van der Waals surface area contributed by atoms with E-state index in [1.807, 2.05) is 6.07 Å². The third-order valence-corrected chi connectivity index (χ3v) is 3.49. The van der Waals surface area contributed by atoms with Crippen LogP contribution in [0.4, 0.5) is 0 Å². The molecule has 1 rings (SSSR count). The molecule has 0 aromatic carbocycles. The molecule has 0 atom stereocenters. The van der Waals surface area contributed by atoms with E-state index in [9.17, 15) is 0 Å². The molecule has 0 amide bonds. The SMILES string of the molecule is CCC(C)(C)NCc1ccc(Cl)s1. The molecule has 0 unspecified atom stereocenters. The topological polar surface area (TPSA) is 12.0 Å². The van der Waals surface area contributed by atoms with Crippen LogP contribution in [0.2, 0.25) is 4.34 Å². The lowest BCUT2D eigenvalue weighted by Crippen LogP contribution is -2.37. The molecule has 0 saturated heterocycles. The molecule has 0 fully saturated rings. The molecular weight excluding hydrogens is 202 g/mol. The van der Waals surface area contributed by atoms with E-state index in [1.165, 1.54) is 4.88 Å². The van der Waals surface area contributed by atoms with Crippen molar-refractivity contribution in [2.45, 2.75) is 39.3 Å². The van der Waals surface area contributed by atoms with Gasteiger partial charge in [-0.2, -0.15) is 0 Å². The zero-order valence-corrected chi connectivity index (χ0v) is 9.93. The second kappa shape index (κ2) is 4.45. The van der Waals surface area contributed by atoms with Crippen molar-refractivity contribution in [3.8, 4) is 0 Å². The third-order valence-electron chi connectivity index (χ3n) is 2.25. The van der Waals surface area contributed by atoms with E-state index >= 15 is 0 Å². The number of halogens is 1. The molecule has 0 aliphatic rings. The number of rotatable bonds is 4. The Balaban J connectivity index is 2.43. The van der Waals surface area contributed by atoms with Crippen molar-refractivity contribution in [1.82, 2.24) is 5.32 Å². The molecule has 0 radical (unpaired) electrons. The Morgan fingerprint density at radius 2 is 2.15 bits per heavy atom. The molecule has 74 valence electrons. The van der Waals surface area contributed by atoms with E-state index in [1.54, 1.807) is 11.3 Å². The van der Waals surface area contributed by atoms with Crippen LogP contribution in [0.15, 0.2) is 12.1 Å². The fourth-order valence-corrected chi connectivity index (χ4v) is 1.93. The first kappa shape index (κ1) is 11.0. The van der Waals surface area contributed by atoms with Crippen molar-refractivity contribution in [2.24, 2.45) is 0 Å². The highest BCUT2D eigenvalue weighted by Gasteiger charge is 2.13. The minimum atomic E-state index is 0.219. The van der Waals surface area contributed by atoms with Crippen molar-refractivity contribution >= 4 is 22.9 Å². The summed E-state index contributed by atoms with van der Waals surface area (Å²) in [5.74, 6) is 0. The van der Waals surface area contributed by atoms with Crippen LogP contribution < -0.4 is 5.32 Å². The van der Waals surface area contributed by atoms with Crippen LogP contribution in [0, 0.1) is 0 Å². The largest absolute Gasteiger partial charge is 0.307 e. The summed E-state index contributed by atoms with van der Waals surface area (Å²) in [6.07, 6.45) is 1.13. The fraction of sp³-hybridized carbons (Fsp3) is 0.600. The second-order valence-corrected chi connectivity index (χ2v) is 5.60. The Bertz CT molecular complexity index is 268. The molecule has 0 bridgehead atoms. The summed E-state index contributed by atoms with van der Waals surface area (Å²) in [5, 5.41) is 3.49. The average Bonchev–Trinajstić information content (AvgIpc) is 2.48. The van der Waals surface area contributed by atoms with Gasteiger partial charge in [0, 0.05) is 17.0 Å². The molecular formula is C10H16ClNS. The summed E-state index contributed by atoms with van der Waals surface area (Å²) in [6.45, 7) is 7.52. The maximum absolute atomic E-state index is 5.84. The van der Waals surface area contributed by atoms with Crippen molar-refractivity contribution < 1.29 is 0 Å². The lowest BCUT2D eigenvalue weighted by Gasteiger charge is -2.24. The highest BCUT2D eigenvalue weighted by molar-refractivity contribution is 7.16. The molecule has 1 aromatic rings. The number of nitrogens with one attached hydrogen (secondary N) is 1. The number of thiophene rings is 1. The first-order valence-corrected chi connectivity index (χ1v) is 5.72.